The second kappa shape index (κ2) is 8.78. The van der Waals surface area contributed by atoms with Crippen molar-refractivity contribution in [3.05, 3.63) is 75.8 Å². The van der Waals surface area contributed by atoms with Crippen molar-refractivity contribution in [2.45, 2.75) is 0 Å². The summed E-state index contributed by atoms with van der Waals surface area (Å²) >= 11 is 0.990. The fourth-order valence-corrected chi connectivity index (χ4v) is 2.93. The first-order valence-electron chi connectivity index (χ1n) is 8.05. The van der Waals surface area contributed by atoms with Crippen molar-refractivity contribution >= 4 is 34.0 Å². The normalized spacial score (nSPS) is 10.6. The Morgan fingerprint density at radius 3 is 2.61 bits per heavy atom. The average Bonchev–Trinajstić information content (AvgIpc) is 3.18. The van der Waals surface area contributed by atoms with Crippen molar-refractivity contribution in [2.24, 2.45) is 0 Å². The van der Waals surface area contributed by atoms with E-state index in [1.54, 1.807) is 37.4 Å². The van der Waals surface area contributed by atoms with Crippen LogP contribution in [0.15, 0.2) is 60.8 Å². The number of carbonyl (C=O) groups excluding carboxylic acids is 1. The van der Waals surface area contributed by atoms with Crippen LogP contribution in [0.5, 0.6) is 17.4 Å². The van der Waals surface area contributed by atoms with Crippen LogP contribution < -0.4 is 14.8 Å². The molecule has 0 radical (unpaired) electrons. The Morgan fingerprint density at radius 1 is 1.18 bits per heavy atom. The van der Waals surface area contributed by atoms with Crippen molar-refractivity contribution in [3.63, 3.8) is 0 Å². The first kappa shape index (κ1) is 19.1. The summed E-state index contributed by atoms with van der Waals surface area (Å²) in [5, 5.41) is 13.3. The number of methoxy groups -OCH3 is 1. The molecular formula is C19H15N3O5S. The van der Waals surface area contributed by atoms with Gasteiger partial charge in [-0.3, -0.25) is 14.9 Å². The van der Waals surface area contributed by atoms with Gasteiger partial charge in [-0.1, -0.05) is 23.5 Å². The number of benzene rings is 1. The van der Waals surface area contributed by atoms with E-state index in [0.717, 1.165) is 11.3 Å². The minimum absolute atomic E-state index is 0.0230. The lowest BCUT2D eigenvalue weighted by molar-refractivity contribution is -0.380. The van der Waals surface area contributed by atoms with Crippen molar-refractivity contribution in [1.29, 1.82) is 0 Å². The summed E-state index contributed by atoms with van der Waals surface area (Å²) in [6.07, 6.45) is 4.28. The lowest BCUT2D eigenvalue weighted by atomic mass is 10.3. The molecule has 0 atom stereocenters. The number of para-hydroxylation sites is 2. The molecule has 0 aliphatic carbocycles. The van der Waals surface area contributed by atoms with E-state index in [9.17, 15) is 14.9 Å². The quantitative estimate of drug-likeness (QED) is 0.357. The summed E-state index contributed by atoms with van der Waals surface area (Å²) in [5.41, 5.74) is 0.485. The number of anilines is 1. The molecular weight excluding hydrogens is 382 g/mol. The number of amides is 1. The maximum Gasteiger partial charge on any atom is 0.324 e. The summed E-state index contributed by atoms with van der Waals surface area (Å²) in [7, 11) is 1.55. The second-order valence-electron chi connectivity index (χ2n) is 5.39. The van der Waals surface area contributed by atoms with Crippen LogP contribution in [0, 0.1) is 10.1 Å². The first-order chi connectivity index (χ1) is 13.5. The highest BCUT2D eigenvalue weighted by atomic mass is 32.1. The van der Waals surface area contributed by atoms with Gasteiger partial charge in [0, 0.05) is 23.1 Å². The molecule has 8 nitrogen and oxygen atoms in total. The lowest BCUT2D eigenvalue weighted by Gasteiger charge is -2.09. The van der Waals surface area contributed by atoms with Crippen LogP contribution in [-0.4, -0.2) is 22.9 Å². The van der Waals surface area contributed by atoms with Gasteiger partial charge >= 0.3 is 5.00 Å². The number of nitrogens with one attached hydrogen (secondary N) is 1. The van der Waals surface area contributed by atoms with Crippen LogP contribution in [0.25, 0.3) is 6.08 Å². The summed E-state index contributed by atoms with van der Waals surface area (Å²) in [4.78, 5) is 26.9. The molecule has 1 aromatic carbocycles. The van der Waals surface area contributed by atoms with E-state index in [4.69, 9.17) is 9.47 Å². The Kier molecular flexibility index (Phi) is 5.97. The monoisotopic (exact) mass is 397 g/mol. The number of nitrogens with zero attached hydrogens (tertiary/aromatic N) is 2. The Morgan fingerprint density at radius 2 is 1.96 bits per heavy atom. The molecule has 3 aromatic rings. The third kappa shape index (κ3) is 4.92. The highest BCUT2D eigenvalue weighted by molar-refractivity contribution is 7.16. The van der Waals surface area contributed by atoms with E-state index < -0.39 is 4.92 Å². The SMILES string of the molecule is COc1ccccc1Oc1ccc(NC(=O)/C=C/c2ccc([N+](=O)[O-])s2)cn1. The van der Waals surface area contributed by atoms with Gasteiger partial charge in [0.25, 0.3) is 0 Å². The first-order valence-corrected chi connectivity index (χ1v) is 8.87. The predicted molar refractivity (Wildman–Crippen MR) is 106 cm³/mol. The van der Waals surface area contributed by atoms with E-state index in [0.29, 0.717) is 27.9 Å². The third-order valence-corrected chi connectivity index (χ3v) is 4.48. The smallest absolute Gasteiger partial charge is 0.324 e. The molecule has 0 aliphatic rings. The Bertz CT molecular complexity index is 1010. The van der Waals surface area contributed by atoms with Crippen molar-refractivity contribution in [3.8, 4) is 17.4 Å². The largest absolute Gasteiger partial charge is 0.493 e. The maximum absolute atomic E-state index is 12.0. The third-order valence-electron chi connectivity index (χ3n) is 3.48. The number of carbonyl (C=O) groups is 1. The number of ether oxygens (including phenoxy) is 2. The van der Waals surface area contributed by atoms with E-state index >= 15 is 0 Å². The second-order valence-corrected chi connectivity index (χ2v) is 6.49. The highest BCUT2D eigenvalue weighted by Crippen LogP contribution is 2.30. The Labute approximate surface area is 164 Å². The highest BCUT2D eigenvalue weighted by Gasteiger charge is 2.08. The Hall–Kier alpha value is -3.72. The fourth-order valence-electron chi connectivity index (χ4n) is 2.20. The zero-order chi connectivity index (χ0) is 19.9. The number of hydrogen-bond donors (Lipinski definition) is 1. The summed E-state index contributed by atoms with van der Waals surface area (Å²) in [5.74, 6) is 1.09. The van der Waals surface area contributed by atoms with Crippen molar-refractivity contribution < 1.29 is 19.2 Å². The van der Waals surface area contributed by atoms with Crippen LogP contribution in [0.1, 0.15) is 4.88 Å². The number of nitro groups is 1. The van der Waals surface area contributed by atoms with Crippen LogP contribution in [0.2, 0.25) is 0 Å². The topological polar surface area (TPSA) is 104 Å². The zero-order valence-corrected chi connectivity index (χ0v) is 15.5. The van der Waals surface area contributed by atoms with Gasteiger partial charge < -0.3 is 14.8 Å². The van der Waals surface area contributed by atoms with Gasteiger partial charge in [0.15, 0.2) is 11.5 Å². The molecule has 28 heavy (non-hydrogen) atoms. The minimum atomic E-state index is -0.470. The van der Waals surface area contributed by atoms with Gasteiger partial charge in [-0.25, -0.2) is 4.98 Å². The van der Waals surface area contributed by atoms with Crippen LogP contribution in [0.4, 0.5) is 10.7 Å². The van der Waals surface area contributed by atoms with E-state index in [1.807, 2.05) is 12.1 Å². The summed E-state index contributed by atoms with van der Waals surface area (Å²) < 4.78 is 10.9. The molecule has 0 spiro atoms. The summed E-state index contributed by atoms with van der Waals surface area (Å²) in [6, 6.07) is 13.4. The fraction of sp³-hybridized carbons (Fsp3) is 0.0526. The molecule has 9 heteroatoms. The lowest BCUT2D eigenvalue weighted by Crippen LogP contribution is -2.07. The van der Waals surface area contributed by atoms with Gasteiger partial charge in [0.05, 0.1) is 23.9 Å². The van der Waals surface area contributed by atoms with Crippen LogP contribution >= 0.6 is 11.3 Å². The molecule has 2 heterocycles. The minimum Gasteiger partial charge on any atom is -0.493 e. The molecule has 0 aliphatic heterocycles. The van der Waals surface area contributed by atoms with E-state index in [2.05, 4.69) is 10.3 Å². The zero-order valence-electron chi connectivity index (χ0n) is 14.7. The molecule has 0 saturated heterocycles. The van der Waals surface area contributed by atoms with Gasteiger partial charge in [0.1, 0.15) is 0 Å². The van der Waals surface area contributed by atoms with Gasteiger partial charge in [-0.05, 0) is 30.3 Å². The predicted octanol–water partition coefficient (Wildman–Crippen LogP) is 4.50. The molecule has 2 aromatic heterocycles. The van der Waals surface area contributed by atoms with Gasteiger partial charge in [-0.2, -0.15) is 0 Å². The maximum atomic E-state index is 12.0. The molecule has 1 N–H and O–H groups in total. The number of aromatic nitrogens is 1. The van der Waals surface area contributed by atoms with E-state index in [1.165, 1.54) is 24.4 Å². The molecule has 142 valence electrons. The number of rotatable bonds is 7. The number of hydrogen-bond acceptors (Lipinski definition) is 7. The molecule has 3 rings (SSSR count). The molecule has 0 fully saturated rings. The standard InChI is InChI=1S/C19H15N3O5S/c1-26-15-4-2-3-5-16(15)27-18-10-6-13(12-20-18)21-17(23)9-7-14-8-11-19(28-14)22(24)25/h2-12H,1H3,(H,21,23)/b9-7+. The number of pyridine rings is 1. The molecule has 0 bridgehead atoms. The Balaban J connectivity index is 1.59. The van der Waals surface area contributed by atoms with E-state index in [-0.39, 0.29) is 10.9 Å². The number of thiophene rings is 1. The van der Waals surface area contributed by atoms with Crippen molar-refractivity contribution in [1.82, 2.24) is 4.98 Å². The van der Waals surface area contributed by atoms with Gasteiger partial charge in [-0.15, -0.1) is 0 Å². The molecule has 0 unspecified atom stereocenters. The average molecular weight is 397 g/mol. The van der Waals surface area contributed by atoms with Crippen molar-refractivity contribution in [2.75, 3.05) is 12.4 Å². The summed E-state index contributed by atoms with van der Waals surface area (Å²) in [6.45, 7) is 0. The van der Waals surface area contributed by atoms with Crippen LogP contribution in [0.3, 0.4) is 0 Å². The van der Waals surface area contributed by atoms with Crippen LogP contribution in [-0.2, 0) is 4.79 Å². The molecule has 1 amide bonds. The van der Waals surface area contributed by atoms with Gasteiger partial charge in [0.2, 0.25) is 11.8 Å². The molecule has 0 saturated carbocycles.